The van der Waals surface area contributed by atoms with Gasteiger partial charge in [0.2, 0.25) is 11.9 Å². The van der Waals surface area contributed by atoms with Gasteiger partial charge in [0, 0.05) is 12.5 Å². The van der Waals surface area contributed by atoms with Gasteiger partial charge < -0.3 is 5.32 Å². The Kier molecular flexibility index (Phi) is 5.20. The van der Waals surface area contributed by atoms with Crippen molar-refractivity contribution < 1.29 is 4.79 Å². The van der Waals surface area contributed by atoms with E-state index in [9.17, 15) is 9.59 Å². The van der Waals surface area contributed by atoms with Crippen LogP contribution < -0.4 is 10.9 Å². The Morgan fingerprint density at radius 2 is 1.91 bits per heavy atom. The second kappa shape index (κ2) is 7.74. The lowest BCUT2D eigenvalue weighted by Gasteiger charge is -2.17. The first kappa shape index (κ1) is 21.5. The minimum atomic E-state index is -0.332. The lowest BCUT2D eigenvalue weighted by Crippen LogP contribution is -2.22. The highest BCUT2D eigenvalue weighted by atomic mass is 16.1. The third-order valence-electron chi connectivity index (χ3n) is 5.22. The first-order valence-electron chi connectivity index (χ1n) is 10.4. The Bertz CT molecular complexity index is 1390. The summed E-state index contributed by atoms with van der Waals surface area (Å²) in [5.41, 5.74) is 3.61. The van der Waals surface area contributed by atoms with Crippen LogP contribution in [0.1, 0.15) is 44.0 Å². The number of hydrogen-bond acceptors (Lipinski definition) is 5. The van der Waals surface area contributed by atoms with Gasteiger partial charge in [0.25, 0.3) is 5.56 Å². The van der Waals surface area contributed by atoms with E-state index in [1.54, 1.807) is 10.7 Å². The summed E-state index contributed by atoms with van der Waals surface area (Å²) in [6, 6.07) is 7.65. The minimum absolute atomic E-state index is 0.137. The van der Waals surface area contributed by atoms with Gasteiger partial charge in [0.15, 0.2) is 5.65 Å². The van der Waals surface area contributed by atoms with Crippen LogP contribution in [-0.2, 0) is 4.79 Å². The number of anilines is 1. The topological polar surface area (TPSA) is 110 Å². The molecule has 0 bridgehead atoms. The monoisotopic (exact) mass is 433 g/mol. The van der Waals surface area contributed by atoms with Gasteiger partial charge >= 0.3 is 0 Å². The quantitative estimate of drug-likeness (QED) is 0.511. The van der Waals surface area contributed by atoms with E-state index in [-0.39, 0.29) is 22.8 Å². The number of aryl methyl sites for hydroxylation is 2. The van der Waals surface area contributed by atoms with Crippen molar-refractivity contribution in [2.45, 2.75) is 48.0 Å². The molecule has 0 saturated carbocycles. The van der Waals surface area contributed by atoms with Gasteiger partial charge in [-0.05, 0) is 43.4 Å². The summed E-state index contributed by atoms with van der Waals surface area (Å²) in [6.07, 6.45) is 1.85. The number of H-pyrrole nitrogens is 1. The van der Waals surface area contributed by atoms with Gasteiger partial charge in [-0.15, -0.1) is 0 Å². The van der Waals surface area contributed by atoms with E-state index in [1.165, 1.54) is 10.9 Å². The highest BCUT2D eigenvalue weighted by Gasteiger charge is 2.20. The lowest BCUT2D eigenvalue weighted by atomic mass is 9.92. The maximum absolute atomic E-state index is 12.8. The molecule has 166 valence electrons. The summed E-state index contributed by atoms with van der Waals surface area (Å²) in [7, 11) is 0. The van der Waals surface area contributed by atoms with Crippen LogP contribution in [0.2, 0.25) is 0 Å². The van der Waals surface area contributed by atoms with Gasteiger partial charge in [-0.25, -0.2) is 4.68 Å². The van der Waals surface area contributed by atoms with E-state index in [0.29, 0.717) is 29.0 Å². The van der Waals surface area contributed by atoms with Crippen molar-refractivity contribution in [2.24, 2.45) is 5.41 Å². The molecule has 0 aliphatic heterocycles. The van der Waals surface area contributed by atoms with Crippen molar-refractivity contribution in [2.75, 3.05) is 5.32 Å². The first-order chi connectivity index (χ1) is 15.0. The molecule has 4 rings (SSSR count). The molecule has 3 aromatic heterocycles. The van der Waals surface area contributed by atoms with Crippen molar-refractivity contribution in [3.63, 3.8) is 0 Å². The van der Waals surface area contributed by atoms with Gasteiger partial charge in [0.05, 0.1) is 17.6 Å². The molecular formula is C23H27N7O2. The van der Waals surface area contributed by atoms with Crippen LogP contribution in [0.25, 0.3) is 22.7 Å². The Labute approximate surface area is 185 Å². The molecule has 0 radical (unpaired) electrons. The third kappa shape index (κ3) is 4.05. The van der Waals surface area contributed by atoms with Crippen LogP contribution in [0, 0.1) is 26.2 Å². The summed E-state index contributed by atoms with van der Waals surface area (Å²) in [6.45, 7) is 11.8. The molecule has 2 N–H and O–H groups in total. The molecule has 0 atom stereocenters. The fourth-order valence-electron chi connectivity index (χ4n) is 3.57. The SMILES string of the molecule is Cc1cc(NC(=O)CC(C)(C)C)n(-c2nc3c(cnn3-c3cccc(C)c3C)c(=O)[nH]2)n1. The number of fused-ring (bicyclic) bond motifs is 1. The fourth-order valence-corrected chi connectivity index (χ4v) is 3.57. The van der Waals surface area contributed by atoms with E-state index < -0.39 is 0 Å². The molecule has 4 aromatic rings. The zero-order valence-corrected chi connectivity index (χ0v) is 19.1. The van der Waals surface area contributed by atoms with Crippen LogP contribution in [0.4, 0.5) is 5.82 Å². The summed E-state index contributed by atoms with van der Waals surface area (Å²) in [5, 5.41) is 12.1. The molecule has 0 fully saturated rings. The van der Waals surface area contributed by atoms with Crippen molar-refractivity contribution in [3.05, 3.63) is 57.6 Å². The van der Waals surface area contributed by atoms with Crippen LogP contribution in [-0.4, -0.2) is 35.4 Å². The normalized spacial score (nSPS) is 11.8. The predicted octanol–water partition coefficient (Wildman–Crippen LogP) is 3.59. The molecule has 9 nitrogen and oxygen atoms in total. The van der Waals surface area contributed by atoms with E-state index in [4.69, 9.17) is 0 Å². The van der Waals surface area contributed by atoms with Gasteiger partial charge in [-0.2, -0.15) is 19.9 Å². The second-order valence-corrected chi connectivity index (χ2v) is 9.27. The molecule has 1 amide bonds. The maximum Gasteiger partial charge on any atom is 0.263 e. The molecule has 1 aromatic carbocycles. The second-order valence-electron chi connectivity index (χ2n) is 9.27. The van der Waals surface area contributed by atoms with Crippen molar-refractivity contribution in [3.8, 4) is 11.6 Å². The van der Waals surface area contributed by atoms with Crippen LogP contribution in [0.15, 0.2) is 35.3 Å². The van der Waals surface area contributed by atoms with E-state index in [1.807, 2.05) is 59.7 Å². The first-order valence-corrected chi connectivity index (χ1v) is 10.4. The Hall–Kier alpha value is -3.75. The molecule has 32 heavy (non-hydrogen) atoms. The average molecular weight is 434 g/mol. The van der Waals surface area contributed by atoms with Crippen LogP contribution >= 0.6 is 0 Å². The Balaban J connectivity index is 1.83. The van der Waals surface area contributed by atoms with Crippen molar-refractivity contribution >= 4 is 22.8 Å². The molecule has 0 aliphatic rings. The van der Waals surface area contributed by atoms with Crippen LogP contribution in [0.5, 0.6) is 0 Å². The number of nitrogens with one attached hydrogen (secondary N) is 2. The number of nitrogens with zero attached hydrogens (tertiary/aromatic N) is 5. The molecule has 0 saturated heterocycles. The molecular weight excluding hydrogens is 406 g/mol. The Morgan fingerprint density at radius 3 is 2.62 bits per heavy atom. The Morgan fingerprint density at radius 1 is 1.16 bits per heavy atom. The minimum Gasteiger partial charge on any atom is -0.310 e. The van der Waals surface area contributed by atoms with Gasteiger partial charge in [-0.1, -0.05) is 32.9 Å². The van der Waals surface area contributed by atoms with E-state index >= 15 is 0 Å². The highest BCUT2D eigenvalue weighted by Crippen LogP contribution is 2.23. The van der Waals surface area contributed by atoms with Gasteiger partial charge in [-0.3, -0.25) is 14.6 Å². The summed E-state index contributed by atoms with van der Waals surface area (Å²) in [4.78, 5) is 32.8. The van der Waals surface area contributed by atoms with E-state index in [2.05, 4.69) is 25.5 Å². The van der Waals surface area contributed by atoms with Crippen LogP contribution in [0.3, 0.4) is 0 Å². The highest BCUT2D eigenvalue weighted by molar-refractivity contribution is 5.90. The van der Waals surface area contributed by atoms with E-state index in [0.717, 1.165) is 16.8 Å². The number of benzene rings is 1. The van der Waals surface area contributed by atoms with Crippen molar-refractivity contribution in [1.82, 2.24) is 29.5 Å². The number of carbonyl (C=O) groups is 1. The fraction of sp³-hybridized carbons (Fsp3) is 0.348. The number of amides is 1. The summed E-state index contributed by atoms with van der Waals surface area (Å²) >= 11 is 0. The lowest BCUT2D eigenvalue weighted by molar-refractivity contribution is -0.117. The number of rotatable bonds is 4. The molecule has 0 aliphatic carbocycles. The molecule has 9 heteroatoms. The smallest absolute Gasteiger partial charge is 0.263 e. The van der Waals surface area contributed by atoms with Gasteiger partial charge in [0.1, 0.15) is 11.2 Å². The standard InChI is InChI=1S/C23H27N7O2/c1-13-8-7-9-17(15(13)3)29-20-16(12-24-29)21(32)27-22(26-20)30-18(10-14(2)28-30)25-19(31)11-23(4,5)6/h7-10,12H,11H2,1-6H3,(H,25,31)(H,26,27,32). The summed E-state index contributed by atoms with van der Waals surface area (Å²) in [5.74, 6) is 0.508. The maximum atomic E-state index is 12.8. The number of carbonyl (C=O) groups excluding carboxylic acids is 1. The summed E-state index contributed by atoms with van der Waals surface area (Å²) < 4.78 is 3.10. The predicted molar refractivity (Wildman–Crippen MR) is 124 cm³/mol. The van der Waals surface area contributed by atoms with Crippen molar-refractivity contribution in [1.29, 1.82) is 0 Å². The largest absolute Gasteiger partial charge is 0.310 e. The number of hydrogen-bond donors (Lipinski definition) is 2. The number of aromatic amines is 1. The number of aromatic nitrogens is 6. The molecule has 3 heterocycles. The zero-order valence-electron chi connectivity index (χ0n) is 19.1. The third-order valence-corrected chi connectivity index (χ3v) is 5.22. The average Bonchev–Trinajstić information content (AvgIpc) is 3.26. The zero-order chi connectivity index (χ0) is 23.2. The molecule has 0 unspecified atom stereocenters. The molecule has 0 spiro atoms.